The van der Waals surface area contributed by atoms with Gasteiger partial charge in [0.1, 0.15) is 0 Å². The summed E-state index contributed by atoms with van der Waals surface area (Å²) in [5, 5.41) is 18.4. The molecule has 0 fully saturated rings. The summed E-state index contributed by atoms with van der Waals surface area (Å²) in [6.07, 6.45) is -0.376. The quantitative estimate of drug-likeness (QED) is 0.612. The minimum atomic E-state index is -0.657. The fourth-order valence-electron chi connectivity index (χ4n) is 1.19. The normalized spacial score (nSPS) is 14.7. The SMILES string of the molecule is COCC(O)CN(C)C(=O)CCC(C)O. The van der Waals surface area contributed by atoms with Gasteiger partial charge in [0.15, 0.2) is 0 Å². The van der Waals surface area contributed by atoms with Crippen LogP contribution in [0.2, 0.25) is 0 Å². The molecule has 0 aromatic rings. The van der Waals surface area contributed by atoms with Crippen molar-refractivity contribution in [2.24, 2.45) is 0 Å². The number of amides is 1. The van der Waals surface area contributed by atoms with Gasteiger partial charge in [-0.1, -0.05) is 0 Å². The van der Waals surface area contributed by atoms with Crippen molar-refractivity contribution in [1.29, 1.82) is 0 Å². The molecule has 0 heterocycles. The average Bonchev–Trinajstić information content (AvgIpc) is 2.14. The molecule has 0 radical (unpaired) electrons. The standard InChI is InChI=1S/C10H21NO4/c1-8(12)4-5-10(14)11(2)6-9(13)7-15-3/h8-9,12-13H,4-7H2,1-3H3. The van der Waals surface area contributed by atoms with Crippen LogP contribution in [0.5, 0.6) is 0 Å². The van der Waals surface area contributed by atoms with Crippen molar-refractivity contribution in [3.8, 4) is 0 Å². The first-order chi connectivity index (χ1) is 6.97. The third-order valence-corrected chi connectivity index (χ3v) is 2.05. The van der Waals surface area contributed by atoms with Gasteiger partial charge in [-0.3, -0.25) is 4.79 Å². The number of ether oxygens (including phenoxy) is 1. The van der Waals surface area contributed by atoms with E-state index >= 15 is 0 Å². The number of aliphatic hydroxyl groups excluding tert-OH is 2. The van der Waals surface area contributed by atoms with Crippen molar-refractivity contribution in [2.45, 2.75) is 32.0 Å². The molecule has 0 saturated heterocycles. The molecule has 0 aromatic heterocycles. The van der Waals surface area contributed by atoms with Gasteiger partial charge in [-0.15, -0.1) is 0 Å². The lowest BCUT2D eigenvalue weighted by molar-refractivity contribution is -0.132. The molecule has 2 N–H and O–H groups in total. The molecule has 2 unspecified atom stereocenters. The Labute approximate surface area is 90.6 Å². The van der Waals surface area contributed by atoms with Crippen LogP contribution in [0.1, 0.15) is 19.8 Å². The largest absolute Gasteiger partial charge is 0.393 e. The van der Waals surface area contributed by atoms with Crippen molar-refractivity contribution in [3.05, 3.63) is 0 Å². The molecule has 5 heteroatoms. The summed E-state index contributed by atoms with van der Waals surface area (Å²) >= 11 is 0. The van der Waals surface area contributed by atoms with Crippen molar-refractivity contribution >= 4 is 5.91 Å². The van der Waals surface area contributed by atoms with Gasteiger partial charge in [0.05, 0.1) is 18.8 Å². The zero-order valence-corrected chi connectivity index (χ0v) is 9.64. The molecule has 5 nitrogen and oxygen atoms in total. The van der Waals surface area contributed by atoms with Crippen LogP contribution in [0.15, 0.2) is 0 Å². The first kappa shape index (κ1) is 14.3. The van der Waals surface area contributed by atoms with Crippen LogP contribution in [0.25, 0.3) is 0 Å². The second kappa shape index (κ2) is 7.62. The number of carbonyl (C=O) groups is 1. The Kier molecular flexibility index (Phi) is 7.29. The highest BCUT2D eigenvalue weighted by molar-refractivity contribution is 5.75. The van der Waals surface area contributed by atoms with Crippen LogP contribution in [0.3, 0.4) is 0 Å². The molecule has 90 valence electrons. The van der Waals surface area contributed by atoms with E-state index in [0.717, 1.165) is 0 Å². The Bertz CT molecular complexity index is 184. The highest BCUT2D eigenvalue weighted by atomic mass is 16.5. The van der Waals surface area contributed by atoms with Gasteiger partial charge in [-0.25, -0.2) is 0 Å². The van der Waals surface area contributed by atoms with Gasteiger partial charge in [0.2, 0.25) is 5.91 Å². The molecule has 0 aliphatic heterocycles. The predicted molar refractivity (Wildman–Crippen MR) is 56.4 cm³/mol. The molecule has 0 aliphatic carbocycles. The number of carbonyl (C=O) groups excluding carboxylic acids is 1. The molecule has 15 heavy (non-hydrogen) atoms. The molecule has 0 aliphatic rings. The summed E-state index contributed by atoms with van der Waals surface area (Å²) in [6.45, 7) is 2.12. The Balaban J connectivity index is 3.78. The average molecular weight is 219 g/mol. The van der Waals surface area contributed by atoms with Gasteiger partial charge in [-0.2, -0.15) is 0 Å². The van der Waals surface area contributed by atoms with Crippen LogP contribution < -0.4 is 0 Å². The maximum atomic E-state index is 11.5. The Hall–Kier alpha value is -0.650. The van der Waals surface area contributed by atoms with E-state index < -0.39 is 12.2 Å². The van der Waals surface area contributed by atoms with Crippen LogP contribution >= 0.6 is 0 Å². The third-order valence-electron chi connectivity index (χ3n) is 2.05. The monoisotopic (exact) mass is 219 g/mol. The van der Waals surface area contributed by atoms with Gasteiger partial charge in [0, 0.05) is 27.1 Å². The lowest BCUT2D eigenvalue weighted by atomic mass is 10.2. The number of aliphatic hydroxyl groups is 2. The van der Waals surface area contributed by atoms with E-state index in [1.54, 1.807) is 14.0 Å². The van der Waals surface area contributed by atoms with E-state index in [1.165, 1.54) is 12.0 Å². The maximum Gasteiger partial charge on any atom is 0.222 e. The number of rotatable bonds is 7. The van der Waals surface area contributed by atoms with E-state index in [-0.39, 0.29) is 19.1 Å². The Morgan fingerprint density at radius 3 is 2.53 bits per heavy atom. The Morgan fingerprint density at radius 1 is 1.47 bits per heavy atom. The van der Waals surface area contributed by atoms with Crippen LogP contribution in [0.4, 0.5) is 0 Å². The second-order valence-electron chi connectivity index (χ2n) is 3.77. The smallest absolute Gasteiger partial charge is 0.222 e. The molecule has 0 spiro atoms. The highest BCUT2D eigenvalue weighted by Crippen LogP contribution is 2.00. The lowest BCUT2D eigenvalue weighted by Gasteiger charge is -2.20. The van der Waals surface area contributed by atoms with E-state index in [9.17, 15) is 9.90 Å². The molecule has 1 amide bonds. The summed E-state index contributed by atoms with van der Waals surface area (Å²) in [5.74, 6) is -0.0777. The molecule has 0 aromatic carbocycles. The minimum Gasteiger partial charge on any atom is -0.393 e. The number of nitrogens with zero attached hydrogens (tertiary/aromatic N) is 1. The maximum absolute atomic E-state index is 11.5. The van der Waals surface area contributed by atoms with Gasteiger partial charge < -0.3 is 19.8 Å². The number of likely N-dealkylation sites (N-methyl/N-ethyl adjacent to an activating group) is 1. The Morgan fingerprint density at radius 2 is 2.07 bits per heavy atom. The van der Waals surface area contributed by atoms with Gasteiger partial charge in [0.25, 0.3) is 0 Å². The van der Waals surface area contributed by atoms with Gasteiger partial charge in [-0.05, 0) is 13.3 Å². The summed E-state index contributed by atoms with van der Waals surface area (Å²) in [5.41, 5.74) is 0. The van der Waals surface area contributed by atoms with Gasteiger partial charge >= 0.3 is 0 Å². The van der Waals surface area contributed by atoms with E-state index in [4.69, 9.17) is 9.84 Å². The summed E-state index contributed by atoms with van der Waals surface area (Å²) < 4.78 is 4.75. The zero-order chi connectivity index (χ0) is 11.8. The fraction of sp³-hybridized carbons (Fsp3) is 0.900. The van der Waals surface area contributed by atoms with Crippen LogP contribution in [-0.2, 0) is 9.53 Å². The molecule has 0 rings (SSSR count). The van der Waals surface area contributed by atoms with E-state index in [1.807, 2.05) is 0 Å². The van der Waals surface area contributed by atoms with Crippen LogP contribution in [0, 0.1) is 0 Å². The molecular formula is C10H21NO4. The summed E-state index contributed by atoms with van der Waals surface area (Å²) in [7, 11) is 3.13. The lowest BCUT2D eigenvalue weighted by Crippen LogP contribution is -2.36. The van der Waals surface area contributed by atoms with Crippen LogP contribution in [-0.4, -0.2) is 60.5 Å². The number of hydrogen-bond donors (Lipinski definition) is 2. The molecule has 0 bridgehead atoms. The van der Waals surface area contributed by atoms with E-state index in [2.05, 4.69) is 0 Å². The van der Waals surface area contributed by atoms with Crippen molar-refractivity contribution in [3.63, 3.8) is 0 Å². The zero-order valence-electron chi connectivity index (χ0n) is 9.64. The topological polar surface area (TPSA) is 70.0 Å². The van der Waals surface area contributed by atoms with E-state index in [0.29, 0.717) is 12.8 Å². The van der Waals surface area contributed by atoms with Crippen molar-refractivity contribution in [1.82, 2.24) is 4.90 Å². The molecule has 0 saturated carbocycles. The predicted octanol–water partition coefficient (Wildman–Crippen LogP) is -0.387. The third kappa shape index (κ3) is 7.30. The molecule has 2 atom stereocenters. The summed E-state index contributed by atoms with van der Waals surface area (Å²) in [4.78, 5) is 12.9. The fourth-order valence-corrected chi connectivity index (χ4v) is 1.19. The molecular weight excluding hydrogens is 198 g/mol. The summed E-state index contributed by atoms with van der Waals surface area (Å²) in [6, 6.07) is 0. The van der Waals surface area contributed by atoms with Crippen molar-refractivity contribution in [2.75, 3.05) is 27.3 Å². The number of methoxy groups -OCH3 is 1. The highest BCUT2D eigenvalue weighted by Gasteiger charge is 2.13. The second-order valence-corrected chi connectivity index (χ2v) is 3.77. The number of hydrogen-bond acceptors (Lipinski definition) is 4. The minimum absolute atomic E-state index is 0.0777. The first-order valence-corrected chi connectivity index (χ1v) is 5.06. The first-order valence-electron chi connectivity index (χ1n) is 5.06. The van der Waals surface area contributed by atoms with Crippen molar-refractivity contribution < 1.29 is 19.7 Å².